The van der Waals surface area contributed by atoms with E-state index in [2.05, 4.69) is 37.7 Å². The summed E-state index contributed by atoms with van der Waals surface area (Å²) >= 11 is 0. The molecule has 174 valence electrons. The van der Waals surface area contributed by atoms with Crippen molar-refractivity contribution in [3.63, 3.8) is 0 Å². The number of carbonyl (C=O) groups is 2. The number of sulfonamides is 1. The van der Waals surface area contributed by atoms with Crippen LogP contribution in [-0.4, -0.2) is 33.9 Å². The predicted molar refractivity (Wildman–Crippen MR) is 125 cm³/mol. The number of aryl methyl sites for hydroxylation is 1. The first-order chi connectivity index (χ1) is 15.0. The molecule has 1 amide bonds. The molecule has 0 aliphatic carbocycles. The molecular weight excluding hydrogens is 428 g/mol. The molecule has 0 heterocycles. The molecule has 0 bridgehead atoms. The monoisotopic (exact) mass is 460 g/mol. The van der Waals surface area contributed by atoms with Gasteiger partial charge in [-0.3, -0.25) is 9.59 Å². The lowest BCUT2D eigenvalue weighted by molar-refractivity contribution is -0.147. The summed E-state index contributed by atoms with van der Waals surface area (Å²) in [7, 11) is -2.15. The highest BCUT2D eigenvalue weighted by atomic mass is 32.2. The van der Waals surface area contributed by atoms with Crippen LogP contribution in [0.25, 0.3) is 0 Å². The Kier molecular flexibility index (Phi) is 8.98. The number of hydrogen-bond acceptors (Lipinski definition) is 5. The van der Waals surface area contributed by atoms with E-state index in [0.29, 0.717) is 6.42 Å². The van der Waals surface area contributed by atoms with E-state index in [1.165, 1.54) is 19.2 Å². The largest absolute Gasteiger partial charge is 0.456 e. The van der Waals surface area contributed by atoms with Crippen molar-refractivity contribution < 1.29 is 22.7 Å². The minimum absolute atomic E-state index is 0.0885. The normalized spacial score (nSPS) is 11.6. The summed E-state index contributed by atoms with van der Waals surface area (Å²) < 4.78 is 30.9. The highest BCUT2D eigenvalue weighted by Gasteiger charge is 2.17. The van der Waals surface area contributed by atoms with E-state index in [1.807, 2.05) is 18.2 Å². The SMILES string of the molecule is CNS(=O)(=O)c1ccc(CCC(=O)OCC(=O)Nc2c(C(C)C)cccc2C(C)C)cc1. The molecule has 8 heteroatoms. The molecule has 2 rings (SSSR count). The van der Waals surface area contributed by atoms with Crippen molar-refractivity contribution in [3.8, 4) is 0 Å². The number of rotatable bonds is 10. The molecule has 0 atom stereocenters. The number of ether oxygens (including phenoxy) is 1. The molecular formula is C24H32N2O5S. The van der Waals surface area contributed by atoms with Crippen molar-refractivity contribution >= 4 is 27.6 Å². The number of esters is 1. The van der Waals surface area contributed by atoms with Crippen molar-refractivity contribution in [2.24, 2.45) is 0 Å². The van der Waals surface area contributed by atoms with Gasteiger partial charge in [-0.25, -0.2) is 13.1 Å². The maximum atomic E-state index is 12.4. The Morgan fingerprint density at radius 3 is 2.00 bits per heavy atom. The molecule has 0 aromatic heterocycles. The van der Waals surface area contributed by atoms with E-state index in [1.54, 1.807) is 12.1 Å². The first-order valence-corrected chi connectivity index (χ1v) is 12.1. The standard InChI is InChI=1S/C24H32N2O5S/c1-16(2)20-7-6-8-21(17(3)4)24(20)26-22(27)15-31-23(28)14-11-18-9-12-19(13-10-18)32(29,30)25-5/h6-10,12-13,16-17,25H,11,14-15H2,1-5H3,(H,26,27). The van der Waals surface area contributed by atoms with Crippen LogP contribution in [-0.2, 0) is 30.8 Å². The van der Waals surface area contributed by atoms with Crippen LogP contribution in [0.3, 0.4) is 0 Å². The van der Waals surface area contributed by atoms with Gasteiger partial charge in [0.05, 0.1) is 4.90 Å². The zero-order valence-electron chi connectivity index (χ0n) is 19.3. The highest BCUT2D eigenvalue weighted by molar-refractivity contribution is 7.89. The zero-order chi connectivity index (χ0) is 23.9. The van der Waals surface area contributed by atoms with Crippen LogP contribution in [0.15, 0.2) is 47.4 Å². The summed E-state index contributed by atoms with van der Waals surface area (Å²) in [5.41, 5.74) is 3.67. The number of amides is 1. The molecule has 0 unspecified atom stereocenters. The summed E-state index contributed by atoms with van der Waals surface area (Å²) in [6, 6.07) is 12.2. The van der Waals surface area contributed by atoms with Crippen molar-refractivity contribution in [1.82, 2.24) is 4.72 Å². The maximum absolute atomic E-state index is 12.4. The van der Waals surface area contributed by atoms with E-state index in [-0.39, 0.29) is 35.7 Å². The Morgan fingerprint density at radius 2 is 1.50 bits per heavy atom. The van der Waals surface area contributed by atoms with Gasteiger partial charge in [0, 0.05) is 12.1 Å². The van der Waals surface area contributed by atoms with Gasteiger partial charge in [-0.05, 0) is 54.1 Å². The van der Waals surface area contributed by atoms with Crippen molar-refractivity contribution in [3.05, 3.63) is 59.2 Å². The lowest BCUT2D eigenvalue weighted by Gasteiger charge is -2.20. The third kappa shape index (κ3) is 6.90. The van der Waals surface area contributed by atoms with Crippen LogP contribution < -0.4 is 10.0 Å². The van der Waals surface area contributed by atoms with Crippen LogP contribution in [0.1, 0.15) is 62.6 Å². The summed E-state index contributed by atoms with van der Waals surface area (Å²) in [6.45, 7) is 7.90. The third-order valence-electron chi connectivity index (χ3n) is 5.12. The second kappa shape index (κ2) is 11.2. The highest BCUT2D eigenvalue weighted by Crippen LogP contribution is 2.32. The Balaban J connectivity index is 1.91. The van der Waals surface area contributed by atoms with E-state index in [4.69, 9.17) is 4.74 Å². The minimum Gasteiger partial charge on any atom is -0.456 e. The second-order valence-electron chi connectivity index (χ2n) is 8.18. The molecule has 0 spiro atoms. The number of carbonyl (C=O) groups excluding carboxylic acids is 2. The lowest BCUT2D eigenvalue weighted by atomic mass is 9.92. The molecule has 0 fully saturated rings. The average molecular weight is 461 g/mol. The first kappa shape index (κ1) is 25.5. The Hall–Kier alpha value is -2.71. The van der Waals surface area contributed by atoms with Crippen LogP contribution in [0, 0.1) is 0 Å². The lowest BCUT2D eigenvalue weighted by Crippen LogP contribution is -2.22. The van der Waals surface area contributed by atoms with Crippen LogP contribution in [0.2, 0.25) is 0 Å². The summed E-state index contributed by atoms with van der Waals surface area (Å²) in [5, 5.41) is 2.92. The van der Waals surface area contributed by atoms with Gasteiger partial charge in [0.25, 0.3) is 5.91 Å². The Bertz CT molecular complexity index is 1020. The quantitative estimate of drug-likeness (QED) is 0.523. The third-order valence-corrected chi connectivity index (χ3v) is 6.55. The molecule has 2 aromatic carbocycles. The first-order valence-electron chi connectivity index (χ1n) is 10.7. The molecule has 0 aliphatic heterocycles. The molecule has 0 aliphatic rings. The number of nitrogens with one attached hydrogen (secondary N) is 2. The van der Waals surface area contributed by atoms with Crippen LogP contribution in [0.5, 0.6) is 0 Å². The van der Waals surface area contributed by atoms with Crippen molar-refractivity contribution in [1.29, 1.82) is 0 Å². The molecule has 0 radical (unpaired) electrons. The van der Waals surface area contributed by atoms with Gasteiger partial charge < -0.3 is 10.1 Å². The van der Waals surface area contributed by atoms with Gasteiger partial charge in [0.1, 0.15) is 0 Å². The predicted octanol–water partition coefficient (Wildman–Crippen LogP) is 3.96. The fourth-order valence-electron chi connectivity index (χ4n) is 3.29. The fraction of sp³-hybridized carbons (Fsp3) is 0.417. The second-order valence-corrected chi connectivity index (χ2v) is 10.1. The molecule has 7 nitrogen and oxygen atoms in total. The van der Waals surface area contributed by atoms with Gasteiger partial charge in [-0.2, -0.15) is 0 Å². The molecule has 0 saturated carbocycles. The molecule has 2 aromatic rings. The molecule has 0 saturated heterocycles. The minimum atomic E-state index is -3.49. The number of anilines is 1. The van der Waals surface area contributed by atoms with Gasteiger partial charge in [0.2, 0.25) is 10.0 Å². The number of para-hydroxylation sites is 1. The molecule has 32 heavy (non-hydrogen) atoms. The summed E-state index contributed by atoms with van der Waals surface area (Å²) in [6.07, 6.45) is 0.471. The molecule has 2 N–H and O–H groups in total. The van der Waals surface area contributed by atoms with E-state index in [9.17, 15) is 18.0 Å². The summed E-state index contributed by atoms with van der Waals surface area (Å²) in [4.78, 5) is 24.7. The van der Waals surface area contributed by atoms with Crippen LogP contribution >= 0.6 is 0 Å². The zero-order valence-corrected chi connectivity index (χ0v) is 20.1. The number of benzene rings is 2. The van der Waals surface area contributed by atoms with Gasteiger partial charge in [-0.1, -0.05) is 58.0 Å². The van der Waals surface area contributed by atoms with Crippen molar-refractivity contribution in [2.45, 2.75) is 57.3 Å². The van der Waals surface area contributed by atoms with Gasteiger partial charge >= 0.3 is 5.97 Å². The fourth-order valence-corrected chi connectivity index (χ4v) is 4.02. The van der Waals surface area contributed by atoms with E-state index < -0.39 is 16.0 Å². The Labute approximate surface area is 190 Å². The van der Waals surface area contributed by atoms with Crippen molar-refractivity contribution in [2.75, 3.05) is 19.0 Å². The number of hydrogen-bond donors (Lipinski definition) is 2. The smallest absolute Gasteiger partial charge is 0.306 e. The van der Waals surface area contributed by atoms with Gasteiger partial charge in [0.15, 0.2) is 6.61 Å². The average Bonchev–Trinajstić information content (AvgIpc) is 2.76. The van der Waals surface area contributed by atoms with Crippen LogP contribution in [0.4, 0.5) is 5.69 Å². The van der Waals surface area contributed by atoms with E-state index in [0.717, 1.165) is 22.4 Å². The maximum Gasteiger partial charge on any atom is 0.306 e. The topological polar surface area (TPSA) is 102 Å². The summed E-state index contributed by atoms with van der Waals surface area (Å²) in [5.74, 6) is -0.398. The van der Waals surface area contributed by atoms with Gasteiger partial charge in [-0.15, -0.1) is 0 Å². The Morgan fingerprint density at radius 1 is 0.938 bits per heavy atom. The van der Waals surface area contributed by atoms with E-state index >= 15 is 0 Å².